The molecule has 36 heavy (non-hydrogen) atoms. The van der Waals surface area contributed by atoms with Gasteiger partial charge in [0.1, 0.15) is 16.6 Å². The van der Waals surface area contributed by atoms with E-state index in [0.717, 1.165) is 15.3 Å². The number of hydrogen-bond donors (Lipinski definition) is 2. The Labute approximate surface area is 217 Å². The summed E-state index contributed by atoms with van der Waals surface area (Å²) in [5.74, 6) is -1.77. The first-order valence-corrected chi connectivity index (χ1v) is 12.4. The number of anilines is 1. The van der Waals surface area contributed by atoms with E-state index >= 15 is 0 Å². The molecule has 10 heteroatoms. The zero-order valence-corrected chi connectivity index (χ0v) is 21.4. The van der Waals surface area contributed by atoms with Crippen LogP contribution in [0.15, 0.2) is 60.7 Å². The molecule has 2 atom stereocenters. The van der Waals surface area contributed by atoms with Gasteiger partial charge in [-0.15, -0.1) is 11.3 Å². The summed E-state index contributed by atoms with van der Waals surface area (Å²) in [4.78, 5) is 53.6. The lowest BCUT2D eigenvalue weighted by atomic mass is 9.92. The maximum atomic E-state index is 13.3. The van der Waals surface area contributed by atoms with Crippen molar-refractivity contribution in [1.29, 1.82) is 0 Å². The number of hydrogen-bond acceptors (Lipinski definition) is 6. The number of ether oxygens (including phenoxy) is 1. The maximum absolute atomic E-state index is 13.3. The van der Waals surface area contributed by atoms with Crippen molar-refractivity contribution >= 4 is 51.8 Å². The minimum absolute atomic E-state index is 0.171. The smallest absolute Gasteiger partial charge is 0.341 e. The summed E-state index contributed by atoms with van der Waals surface area (Å²) < 4.78 is 5.16. The first-order valence-electron chi connectivity index (χ1n) is 11.2. The molecule has 0 radical (unpaired) electrons. The van der Waals surface area contributed by atoms with Gasteiger partial charge in [0.05, 0.1) is 12.2 Å². The quantitative estimate of drug-likeness (QED) is 0.332. The van der Waals surface area contributed by atoms with E-state index in [9.17, 15) is 19.2 Å². The van der Waals surface area contributed by atoms with Crippen molar-refractivity contribution in [3.8, 4) is 10.4 Å². The first kappa shape index (κ1) is 25.4. The Hall–Kier alpha value is -3.69. The molecular weight excluding hydrogens is 502 g/mol. The summed E-state index contributed by atoms with van der Waals surface area (Å²) >= 11 is 7.16. The maximum Gasteiger partial charge on any atom is 0.341 e. The molecule has 186 valence electrons. The number of esters is 1. The molecule has 8 nitrogen and oxygen atoms in total. The number of rotatable bonds is 7. The molecule has 1 aromatic heterocycles. The van der Waals surface area contributed by atoms with Gasteiger partial charge in [0.25, 0.3) is 5.91 Å². The Morgan fingerprint density at radius 3 is 2.44 bits per heavy atom. The van der Waals surface area contributed by atoms with E-state index in [1.165, 1.54) is 18.3 Å². The van der Waals surface area contributed by atoms with Crippen LogP contribution in [0.3, 0.4) is 0 Å². The second kappa shape index (κ2) is 10.1. The van der Waals surface area contributed by atoms with Gasteiger partial charge in [0.2, 0.25) is 5.91 Å². The van der Waals surface area contributed by atoms with Gasteiger partial charge in [0, 0.05) is 9.90 Å². The van der Waals surface area contributed by atoms with Crippen LogP contribution in [-0.2, 0) is 19.9 Å². The number of carbonyl (C=O) groups is 4. The lowest BCUT2D eigenvalue weighted by molar-refractivity contribution is -0.136. The molecule has 1 saturated heterocycles. The van der Waals surface area contributed by atoms with Crippen LogP contribution in [0, 0.1) is 0 Å². The Morgan fingerprint density at radius 1 is 1.14 bits per heavy atom. The van der Waals surface area contributed by atoms with Crippen LogP contribution in [-0.4, -0.2) is 41.4 Å². The van der Waals surface area contributed by atoms with Crippen LogP contribution in [0.4, 0.5) is 9.80 Å². The molecule has 4 amide bonds. The third-order valence-corrected chi connectivity index (χ3v) is 7.28. The van der Waals surface area contributed by atoms with Crippen LogP contribution >= 0.6 is 22.9 Å². The van der Waals surface area contributed by atoms with E-state index in [-0.39, 0.29) is 17.2 Å². The fraction of sp³-hybridized carbons (Fsp3) is 0.231. The highest BCUT2D eigenvalue weighted by molar-refractivity contribution is 7.20. The Bertz CT molecular complexity index is 1330. The molecule has 0 unspecified atom stereocenters. The average Bonchev–Trinajstić information content (AvgIpc) is 3.38. The molecule has 2 N–H and O–H groups in total. The molecule has 3 aromatic rings. The predicted octanol–water partition coefficient (Wildman–Crippen LogP) is 5.04. The van der Waals surface area contributed by atoms with Gasteiger partial charge < -0.3 is 15.4 Å². The van der Waals surface area contributed by atoms with Crippen molar-refractivity contribution in [2.24, 2.45) is 0 Å². The van der Waals surface area contributed by atoms with Gasteiger partial charge in [-0.2, -0.15) is 0 Å². The second-order valence-corrected chi connectivity index (χ2v) is 9.83. The van der Waals surface area contributed by atoms with Gasteiger partial charge in [0.15, 0.2) is 0 Å². The Balaban J connectivity index is 1.59. The minimum Gasteiger partial charge on any atom is -0.462 e. The molecule has 2 aromatic carbocycles. The van der Waals surface area contributed by atoms with E-state index in [0.29, 0.717) is 10.6 Å². The third kappa shape index (κ3) is 4.72. The number of amides is 4. The molecule has 1 fully saturated rings. The van der Waals surface area contributed by atoms with E-state index in [4.69, 9.17) is 16.3 Å². The third-order valence-electron chi connectivity index (χ3n) is 5.93. The lowest BCUT2D eigenvalue weighted by Gasteiger charge is -2.24. The van der Waals surface area contributed by atoms with Crippen LogP contribution < -0.4 is 10.6 Å². The number of halogens is 1. The van der Waals surface area contributed by atoms with Crippen LogP contribution in [0.2, 0.25) is 5.02 Å². The summed E-state index contributed by atoms with van der Waals surface area (Å²) in [5, 5.41) is 6.17. The lowest BCUT2D eigenvalue weighted by Crippen LogP contribution is -2.47. The topological polar surface area (TPSA) is 105 Å². The van der Waals surface area contributed by atoms with Crippen LogP contribution in [0.1, 0.15) is 36.7 Å². The van der Waals surface area contributed by atoms with Gasteiger partial charge >= 0.3 is 12.0 Å². The number of urea groups is 1. The summed E-state index contributed by atoms with van der Waals surface area (Å²) in [6.45, 7) is 4.89. The number of benzene rings is 2. The summed E-state index contributed by atoms with van der Waals surface area (Å²) in [5.41, 5.74) is 0.255. The molecule has 0 saturated carbocycles. The molecule has 4 rings (SSSR count). The first-order chi connectivity index (χ1) is 17.2. The number of thiophene rings is 1. The number of nitrogens with zero attached hydrogens (tertiary/aromatic N) is 1. The van der Waals surface area contributed by atoms with Crippen LogP contribution in [0.5, 0.6) is 0 Å². The van der Waals surface area contributed by atoms with E-state index < -0.39 is 35.4 Å². The van der Waals surface area contributed by atoms with Crippen molar-refractivity contribution in [3.05, 3.63) is 76.8 Å². The molecule has 2 heterocycles. The molecule has 0 aliphatic carbocycles. The molecular formula is C26H24ClN3O5S. The standard InChI is InChI=1S/C26H24ClN3O5S/c1-4-35-23(32)19-14-20(16-8-6-5-7-9-16)36-22(19)28-21(31)15(2)30-24(33)26(3,29-25(30)34)17-10-12-18(27)13-11-17/h5-15H,4H2,1-3H3,(H,28,31)(H,29,34)/t15-,26-/m1/s1. The highest BCUT2D eigenvalue weighted by atomic mass is 35.5. The van der Waals surface area contributed by atoms with Crippen LogP contribution in [0.25, 0.3) is 10.4 Å². The van der Waals surface area contributed by atoms with E-state index in [1.54, 1.807) is 44.2 Å². The second-order valence-electron chi connectivity index (χ2n) is 8.34. The van der Waals surface area contributed by atoms with E-state index in [2.05, 4.69) is 10.6 Å². The molecule has 0 bridgehead atoms. The Kier molecular flexibility index (Phi) is 7.14. The van der Waals surface area contributed by atoms with Gasteiger partial charge in [-0.25, -0.2) is 14.5 Å². The monoisotopic (exact) mass is 525 g/mol. The zero-order valence-electron chi connectivity index (χ0n) is 19.8. The predicted molar refractivity (Wildman–Crippen MR) is 138 cm³/mol. The molecule has 1 aliphatic heterocycles. The fourth-order valence-electron chi connectivity index (χ4n) is 3.91. The zero-order chi connectivity index (χ0) is 26.0. The van der Waals surface area contributed by atoms with Crippen molar-refractivity contribution in [3.63, 3.8) is 0 Å². The molecule has 0 spiro atoms. The van der Waals surface area contributed by atoms with Gasteiger partial charge in [-0.3, -0.25) is 9.59 Å². The van der Waals surface area contributed by atoms with Crippen molar-refractivity contribution in [2.75, 3.05) is 11.9 Å². The normalized spacial score (nSPS) is 18.1. The summed E-state index contributed by atoms with van der Waals surface area (Å²) in [6, 6.07) is 15.8. The summed E-state index contributed by atoms with van der Waals surface area (Å²) in [6.07, 6.45) is 0. The Morgan fingerprint density at radius 2 is 1.81 bits per heavy atom. The van der Waals surface area contributed by atoms with Crippen molar-refractivity contribution in [2.45, 2.75) is 32.4 Å². The number of nitrogens with one attached hydrogen (secondary N) is 2. The largest absolute Gasteiger partial charge is 0.462 e. The average molecular weight is 526 g/mol. The SMILES string of the molecule is CCOC(=O)c1cc(-c2ccccc2)sc1NC(=O)[C@@H](C)N1C(=O)N[C@](C)(c2ccc(Cl)cc2)C1=O. The highest BCUT2D eigenvalue weighted by Crippen LogP contribution is 2.37. The minimum atomic E-state index is -1.35. The van der Waals surface area contributed by atoms with Crippen molar-refractivity contribution < 1.29 is 23.9 Å². The van der Waals surface area contributed by atoms with Gasteiger partial charge in [-0.1, -0.05) is 54.1 Å². The fourth-order valence-corrected chi connectivity index (χ4v) is 5.09. The number of carbonyl (C=O) groups excluding carboxylic acids is 4. The van der Waals surface area contributed by atoms with Gasteiger partial charge in [-0.05, 0) is 50.1 Å². The number of imide groups is 1. The summed E-state index contributed by atoms with van der Waals surface area (Å²) in [7, 11) is 0. The van der Waals surface area contributed by atoms with E-state index in [1.807, 2.05) is 30.3 Å². The highest BCUT2D eigenvalue weighted by Gasteiger charge is 2.51. The molecule has 1 aliphatic rings. The van der Waals surface area contributed by atoms with Crippen molar-refractivity contribution in [1.82, 2.24) is 10.2 Å².